The Hall–Kier alpha value is -2.98. The number of amides is 1. The van der Waals surface area contributed by atoms with Crippen LogP contribution in [0.4, 0.5) is 5.69 Å². The molecule has 0 radical (unpaired) electrons. The summed E-state index contributed by atoms with van der Waals surface area (Å²) in [6.45, 7) is 4.48. The predicted molar refractivity (Wildman–Crippen MR) is 140 cm³/mol. The first kappa shape index (κ1) is 25.6. The van der Waals surface area contributed by atoms with E-state index in [2.05, 4.69) is 47.2 Å². The largest absolute Gasteiger partial charge is 0.493 e. The van der Waals surface area contributed by atoms with Crippen molar-refractivity contribution in [3.63, 3.8) is 0 Å². The summed E-state index contributed by atoms with van der Waals surface area (Å²) in [7, 11) is 1.53. The van der Waals surface area contributed by atoms with Crippen molar-refractivity contribution >= 4 is 56.8 Å². The lowest BCUT2D eigenvalue weighted by molar-refractivity contribution is -0.112. The molecule has 8 heteroatoms. The van der Waals surface area contributed by atoms with Gasteiger partial charge in [0.05, 0.1) is 21.6 Å². The number of hydrogen-bond donors (Lipinski definition) is 1. The van der Waals surface area contributed by atoms with Crippen molar-refractivity contribution < 1.29 is 14.3 Å². The van der Waals surface area contributed by atoms with E-state index in [0.29, 0.717) is 43.9 Å². The molecule has 1 N–H and O–H groups in total. The Morgan fingerprint density at radius 1 is 1.09 bits per heavy atom. The molecule has 0 spiro atoms. The predicted octanol–water partition coefficient (Wildman–Crippen LogP) is 7.51. The van der Waals surface area contributed by atoms with Crippen molar-refractivity contribution in [1.29, 1.82) is 5.26 Å². The Labute approximate surface area is 217 Å². The van der Waals surface area contributed by atoms with Gasteiger partial charge in [0.25, 0.3) is 5.91 Å². The van der Waals surface area contributed by atoms with Crippen LogP contribution in [0.2, 0.25) is 10.0 Å². The highest BCUT2D eigenvalue weighted by atomic mass is 79.9. The third-order valence-electron chi connectivity index (χ3n) is 5.06. The number of nitriles is 1. The first-order valence-electron chi connectivity index (χ1n) is 10.2. The quantitative estimate of drug-likeness (QED) is 0.240. The van der Waals surface area contributed by atoms with Crippen LogP contribution in [0.1, 0.15) is 22.3 Å². The van der Waals surface area contributed by atoms with Crippen molar-refractivity contribution in [3.05, 3.63) is 90.9 Å². The molecule has 0 saturated carbocycles. The molecule has 0 aliphatic rings. The van der Waals surface area contributed by atoms with E-state index in [0.717, 1.165) is 5.56 Å². The average molecular weight is 560 g/mol. The molecule has 0 atom stereocenters. The summed E-state index contributed by atoms with van der Waals surface area (Å²) in [5.74, 6) is 0.411. The van der Waals surface area contributed by atoms with Gasteiger partial charge in [0.15, 0.2) is 11.5 Å². The molecule has 1 amide bonds. The third-order valence-corrected chi connectivity index (χ3v) is 6.39. The second kappa shape index (κ2) is 11.4. The van der Waals surface area contributed by atoms with Gasteiger partial charge in [0, 0.05) is 5.69 Å². The first-order chi connectivity index (χ1) is 16.2. The van der Waals surface area contributed by atoms with Gasteiger partial charge in [0.1, 0.15) is 18.2 Å². The molecule has 0 aliphatic carbocycles. The van der Waals surface area contributed by atoms with E-state index in [-0.39, 0.29) is 5.57 Å². The smallest absolute Gasteiger partial charge is 0.266 e. The molecule has 0 aliphatic heterocycles. The average Bonchev–Trinajstić information content (AvgIpc) is 2.80. The van der Waals surface area contributed by atoms with Crippen LogP contribution >= 0.6 is 39.1 Å². The fourth-order valence-electron chi connectivity index (χ4n) is 3.10. The van der Waals surface area contributed by atoms with Crippen molar-refractivity contribution in [3.8, 4) is 17.6 Å². The number of carbonyl (C=O) groups excluding carboxylic acids is 1. The van der Waals surface area contributed by atoms with E-state index in [1.165, 1.54) is 30.4 Å². The number of benzene rings is 3. The monoisotopic (exact) mass is 558 g/mol. The van der Waals surface area contributed by atoms with Crippen molar-refractivity contribution in [1.82, 2.24) is 0 Å². The van der Waals surface area contributed by atoms with Crippen LogP contribution in [-0.4, -0.2) is 13.0 Å². The molecule has 0 fully saturated rings. The van der Waals surface area contributed by atoms with Gasteiger partial charge in [-0.05, 0) is 88.4 Å². The van der Waals surface area contributed by atoms with Crippen LogP contribution in [0.15, 0.2) is 58.6 Å². The van der Waals surface area contributed by atoms with E-state index in [4.69, 9.17) is 32.7 Å². The van der Waals surface area contributed by atoms with Crippen LogP contribution in [0.25, 0.3) is 6.08 Å². The molecule has 0 unspecified atom stereocenters. The number of nitrogens with zero attached hydrogens (tertiary/aromatic N) is 1. The van der Waals surface area contributed by atoms with Gasteiger partial charge in [-0.15, -0.1) is 0 Å². The van der Waals surface area contributed by atoms with Crippen molar-refractivity contribution in [2.24, 2.45) is 0 Å². The molecular weight excluding hydrogens is 539 g/mol. The van der Waals surface area contributed by atoms with Gasteiger partial charge in [-0.2, -0.15) is 5.26 Å². The highest BCUT2D eigenvalue weighted by molar-refractivity contribution is 9.10. The number of carbonyl (C=O) groups is 1. The maximum absolute atomic E-state index is 12.6. The van der Waals surface area contributed by atoms with Crippen LogP contribution in [-0.2, 0) is 11.4 Å². The normalized spacial score (nSPS) is 11.0. The standard InChI is InChI=1S/C26H21BrCl2N2O3/c1-15-4-5-17(8-16(15)2)14-34-25-21(27)10-18(11-24(25)33-3)9-19(13-30)26(32)31-20-6-7-22(28)23(29)12-20/h4-12H,14H2,1-3H3,(H,31,32)/b19-9+. The molecule has 0 saturated heterocycles. The maximum Gasteiger partial charge on any atom is 0.266 e. The minimum atomic E-state index is -0.578. The molecule has 34 heavy (non-hydrogen) atoms. The zero-order valence-corrected chi connectivity index (χ0v) is 21.8. The molecule has 3 aromatic carbocycles. The molecule has 5 nitrogen and oxygen atoms in total. The summed E-state index contributed by atoms with van der Waals surface area (Å²) in [5, 5.41) is 12.9. The topological polar surface area (TPSA) is 71.3 Å². The second-order valence-electron chi connectivity index (χ2n) is 7.49. The lowest BCUT2D eigenvalue weighted by atomic mass is 10.1. The summed E-state index contributed by atoms with van der Waals surface area (Å²) < 4.78 is 12.1. The second-order valence-corrected chi connectivity index (χ2v) is 9.16. The number of aryl methyl sites for hydroxylation is 2. The molecule has 0 aromatic heterocycles. The summed E-state index contributed by atoms with van der Waals surface area (Å²) in [4.78, 5) is 12.6. The van der Waals surface area contributed by atoms with Crippen LogP contribution in [0, 0.1) is 25.2 Å². The Morgan fingerprint density at radius 3 is 2.50 bits per heavy atom. The van der Waals surface area contributed by atoms with E-state index >= 15 is 0 Å². The van der Waals surface area contributed by atoms with Gasteiger partial charge in [-0.3, -0.25) is 4.79 Å². The van der Waals surface area contributed by atoms with Crippen LogP contribution < -0.4 is 14.8 Å². The molecule has 0 heterocycles. The summed E-state index contributed by atoms with van der Waals surface area (Å²) >= 11 is 15.4. The minimum absolute atomic E-state index is 0.0937. The fraction of sp³-hybridized carbons (Fsp3) is 0.154. The highest BCUT2D eigenvalue weighted by Crippen LogP contribution is 2.38. The molecular formula is C26H21BrCl2N2O3. The zero-order valence-electron chi connectivity index (χ0n) is 18.7. The minimum Gasteiger partial charge on any atom is -0.493 e. The summed E-state index contributed by atoms with van der Waals surface area (Å²) in [6, 6.07) is 16.2. The van der Waals surface area contributed by atoms with Gasteiger partial charge < -0.3 is 14.8 Å². The Bertz CT molecular complexity index is 1320. The Morgan fingerprint density at radius 2 is 1.85 bits per heavy atom. The molecule has 3 aromatic rings. The third kappa shape index (κ3) is 6.32. The Balaban J connectivity index is 1.82. The van der Waals surface area contributed by atoms with E-state index in [1.807, 2.05) is 12.1 Å². The first-order valence-corrected chi connectivity index (χ1v) is 11.7. The van der Waals surface area contributed by atoms with Crippen molar-refractivity contribution in [2.45, 2.75) is 20.5 Å². The number of methoxy groups -OCH3 is 1. The lowest BCUT2D eigenvalue weighted by Gasteiger charge is -2.14. The molecule has 0 bridgehead atoms. The van der Waals surface area contributed by atoms with Crippen LogP contribution in [0.3, 0.4) is 0 Å². The SMILES string of the molecule is COc1cc(/C=C(\C#N)C(=O)Nc2ccc(Cl)c(Cl)c2)cc(Br)c1OCc1ccc(C)c(C)c1. The van der Waals surface area contributed by atoms with E-state index in [1.54, 1.807) is 24.3 Å². The highest BCUT2D eigenvalue weighted by Gasteiger charge is 2.15. The molecule has 3 rings (SSSR count). The van der Waals surface area contributed by atoms with Gasteiger partial charge in [-0.25, -0.2) is 0 Å². The van der Waals surface area contributed by atoms with E-state index in [9.17, 15) is 10.1 Å². The fourth-order valence-corrected chi connectivity index (χ4v) is 3.97. The lowest BCUT2D eigenvalue weighted by Crippen LogP contribution is -2.13. The number of hydrogen-bond acceptors (Lipinski definition) is 4. The number of nitrogens with one attached hydrogen (secondary N) is 1. The van der Waals surface area contributed by atoms with E-state index < -0.39 is 5.91 Å². The van der Waals surface area contributed by atoms with Gasteiger partial charge in [0.2, 0.25) is 0 Å². The van der Waals surface area contributed by atoms with Crippen molar-refractivity contribution in [2.75, 3.05) is 12.4 Å². The number of halogens is 3. The maximum atomic E-state index is 12.6. The number of rotatable bonds is 7. The number of ether oxygens (including phenoxy) is 2. The van der Waals surface area contributed by atoms with Gasteiger partial charge >= 0.3 is 0 Å². The molecule has 174 valence electrons. The summed E-state index contributed by atoms with van der Waals surface area (Å²) in [5.41, 5.74) is 4.36. The number of anilines is 1. The summed E-state index contributed by atoms with van der Waals surface area (Å²) in [6.07, 6.45) is 1.47. The Kier molecular flexibility index (Phi) is 8.62. The van der Waals surface area contributed by atoms with Crippen LogP contribution in [0.5, 0.6) is 11.5 Å². The zero-order chi connectivity index (χ0) is 24.8. The van der Waals surface area contributed by atoms with Gasteiger partial charge in [-0.1, -0.05) is 41.4 Å².